The number of amides is 1. The fourth-order valence-corrected chi connectivity index (χ4v) is 5.50. The Morgan fingerprint density at radius 1 is 1.05 bits per heavy atom. The van der Waals surface area contributed by atoms with Gasteiger partial charge >= 0.3 is 18.4 Å². The van der Waals surface area contributed by atoms with Crippen LogP contribution in [-0.4, -0.2) is 39.6 Å². The molecule has 1 saturated heterocycles. The summed E-state index contributed by atoms with van der Waals surface area (Å²) < 4.78 is 86.1. The van der Waals surface area contributed by atoms with Crippen molar-refractivity contribution in [1.29, 1.82) is 0 Å². The summed E-state index contributed by atoms with van der Waals surface area (Å²) in [7, 11) is 0. The second kappa shape index (κ2) is 10.9. The molecule has 38 heavy (non-hydrogen) atoms. The van der Waals surface area contributed by atoms with Crippen LogP contribution >= 0.6 is 15.9 Å². The fraction of sp³-hybridized carbons (Fsp3) is 0.560. The largest absolute Gasteiger partial charge is 0.439 e. The van der Waals surface area contributed by atoms with Crippen LogP contribution in [0.5, 0.6) is 0 Å². The van der Waals surface area contributed by atoms with Gasteiger partial charge in [-0.15, -0.1) is 0 Å². The molecule has 0 bridgehead atoms. The lowest BCUT2D eigenvalue weighted by atomic mass is 9.94. The standard InChI is InChI=1S/C25H27BrF6N4O2/c1-3-35(18-7-5-4-6-8-18)22-19(34-20(26)12-33-22)13-36-14(2)21(38-23(36)37)15-9-16(24(27,28)29)11-17(10-15)25(30,31)32/h9-12,14,18,21H,3-8,13H2,1-2H3/t14-,21-/m0/s1. The highest BCUT2D eigenvalue weighted by atomic mass is 79.9. The van der Waals surface area contributed by atoms with E-state index in [1.54, 1.807) is 6.20 Å². The second-order valence-electron chi connectivity index (χ2n) is 9.55. The molecule has 2 fully saturated rings. The van der Waals surface area contributed by atoms with Crippen LogP contribution in [-0.2, 0) is 23.6 Å². The molecule has 0 N–H and O–H groups in total. The molecule has 1 aliphatic heterocycles. The highest BCUT2D eigenvalue weighted by Crippen LogP contribution is 2.41. The summed E-state index contributed by atoms with van der Waals surface area (Å²) in [6.45, 7) is 4.09. The molecule has 2 heterocycles. The Morgan fingerprint density at radius 3 is 2.21 bits per heavy atom. The van der Waals surface area contributed by atoms with Gasteiger partial charge in [-0.25, -0.2) is 14.8 Å². The van der Waals surface area contributed by atoms with Gasteiger partial charge < -0.3 is 9.64 Å². The molecule has 1 aromatic heterocycles. The van der Waals surface area contributed by atoms with E-state index >= 15 is 0 Å². The van der Waals surface area contributed by atoms with E-state index in [4.69, 9.17) is 4.74 Å². The number of carbonyl (C=O) groups is 1. The third-order valence-corrected chi connectivity index (χ3v) is 7.45. The number of benzene rings is 1. The van der Waals surface area contributed by atoms with Gasteiger partial charge in [-0.3, -0.25) is 4.90 Å². The van der Waals surface area contributed by atoms with Gasteiger partial charge in [0.1, 0.15) is 16.4 Å². The van der Waals surface area contributed by atoms with Gasteiger partial charge in [0.25, 0.3) is 0 Å². The van der Waals surface area contributed by atoms with Crippen LogP contribution in [0.25, 0.3) is 0 Å². The van der Waals surface area contributed by atoms with Crippen molar-refractivity contribution in [3.05, 3.63) is 51.4 Å². The van der Waals surface area contributed by atoms with Crippen LogP contribution in [0.4, 0.5) is 37.0 Å². The summed E-state index contributed by atoms with van der Waals surface area (Å²) in [6.07, 6.45) is -5.33. The van der Waals surface area contributed by atoms with E-state index in [2.05, 4.69) is 30.8 Å². The van der Waals surface area contributed by atoms with Gasteiger partial charge in [-0.2, -0.15) is 26.3 Å². The zero-order valence-electron chi connectivity index (χ0n) is 20.7. The van der Waals surface area contributed by atoms with Crippen molar-refractivity contribution < 1.29 is 35.9 Å². The second-order valence-corrected chi connectivity index (χ2v) is 10.4. The number of rotatable bonds is 6. The van der Waals surface area contributed by atoms with Crippen LogP contribution in [0.15, 0.2) is 29.0 Å². The van der Waals surface area contributed by atoms with Crippen LogP contribution in [0.1, 0.15) is 74.4 Å². The Morgan fingerprint density at radius 2 is 1.66 bits per heavy atom. The molecule has 1 aromatic carbocycles. The predicted molar refractivity (Wildman–Crippen MR) is 130 cm³/mol. The SMILES string of the molecule is CCN(c1ncc(Br)nc1CN1C(=O)O[C@H](c2cc(C(F)(F)F)cc(C(F)(F)F)c2)[C@@H]1C)C1CCCCC1. The molecule has 0 radical (unpaired) electrons. The number of hydrogen-bond donors (Lipinski definition) is 0. The summed E-state index contributed by atoms with van der Waals surface area (Å²) in [5, 5.41) is 0. The lowest BCUT2D eigenvalue weighted by molar-refractivity contribution is -0.143. The molecule has 1 amide bonds. The predicted octanol–water partition coefficient (Wildman–Crippen LogP) is 7.52. The molecule has 6 nitrogen and oxygen atoms in total. The lowest BCUT2D eigenvalue weighted by Crippen LogP contribution is -2.39. The molecule has 1 saturated carbocycles. The molecule has 13 heteroatoms. The number of ether oxygens (including phenoxy) is 1. The molecule has 1 aliphatic carbocycles. The maximum atomic E-state index is 13.4. The number of alkyl halides is 6. The van der Waals surface area contributed by atoms with Crippen molar-refractivity contribution in [2.24, 2.45) is 0 Å². The topological polar surface area (TPSA) is 58.6 Å². The molecular formula is C25H27BrF6N4O2. The number of aromatic nitrogens is 2. The van der Waals surface area contributed by atoms with Crippen molar-refractivity contribution in [3.8, 4) is 0 Å². The van der Waals surface area contributed by atoms with E-state index in [9.17, 15) is 31.1 Å². The Kier molecular flexibility index (Phi) is 8.15. The van der Waals surface area contributed by atoms with E-state index in [0.717, 1.165) is 32.1 Å². The van der Waals surface area contributed by atoms with Crippen molar-refractivity contribution in [1.82, 2.24) is 14.9 Å². The molecule has 0 unspecified atom stereocenters. The third kappa shape index (κ3) is 6.02. The number of anilines is 1. The minimum absolute atomic E-state index is 0.0522. The maximum absolute atomic E-state index is 13.4. The monoisotopic (exact) mass is 608 g/mol. The van der Waals surface area contributed by atoms with Gasteiger partial charge in [0, 0.05) is 12.6 Å². The molecular weight excluding hydrogens is 582 g/mol. The Hall–Kier alpha value is -2.57. The lowest BCUT2D eigenvalue weighted by Gasteiger charge is -2.35. The minimum Gasteiger partial charge on any atom is -0.439 e. The summed E-state index contributed by atoms with van der Waals surface area (Å²) in [6, 6.07) is 0.630. The fourth-order valence-electron chi connectivity index (χ4n) is 5.18. The Bertz CT molecular complexity index is 1140. The summed E-state index contributed by atoms with van der Waals surface area (Å²) in [5.41, 5.74) is -2.85. The van der Waals surface area contributed by atoms with E-state index in [1.165, 1.54) is 11.8 Å². The van der Waals surface area contributed by atoms with Crippen molar-refractivity contribution in [2.45, 2.75) is 83.0 Å². The van der Waals surface area contributed by atoms with Crippen LogP contribution < -0.4 is 4.90 Å². The summed E-state index contributed by atoms with van der Waals surface area (Å²) in [5.74, 6) is 0.587. The van der Waals surface area contributed by atoms with Gasteiger partial charge in [0.15, 0.2) is 5.82 Å². The van der Waals surface area contributed by atoms with Gasteiger partial charge in [0.2, 0.25) is 0 Å². The first-order chi connectivity index (χ1) is 17.8. The minimum atomic E-state index is -5.01. The van der Waals surface area contributed by atoms with Crippen LogP contribution in [0.3, 0.4) is 0 Å². The smallest absolute Gasteiger partial charge is 0.416 e. The number of nitrogens with zero attached hydrogens (tertiary/aromatic N) is 4. The van der Waals surface area contributed by atoms with E-state index < -0.39 is 41.7 Å². The Balaban J connectivity index is 1.65. The van der Waals surface area contributed by atoms with Gasteiger partial charge in [-0.05, 0) is 66.4 Å². The summed E-state index contributed by atoms with van der Waals surface area (Å²) in [4.78, 5) is 25.3. The highest BCUT2D eigenvalue weighted by Gasteiger charge is 2.44. The maximum Gasteiger partial charge on any atom is 0.416 e. The number of carbonyl (C=O) groups excluding carboxylic acids is 1. The van der Waals surface area contributed by atoms with Crippen molar-refractivity contribution in [2.75, 3.05) is 11.4 Å². The molecule has 0 spiro atoms. The molecule has 2 aromatic rings. The van der Waals surface area contributed by atoms with Crippen molar-refractivity contribution in [3.63, 3.8) is 0 Å². The molecule has 4 rings (SSSR count). The zero-order valence-corrected chi connectivity index (χ0v) is 22.3. The normalized spacial score (nSPS) is 21.1. The van der Waals surface area contributed by atoms with E-state index in [0.29, 0.717) is 34.8 Å². The number of hydrogen-bond acceptors (Lipinski definition) is 5. The zero-order chi connectivity index (χ0) is 27.8. The van der Waals surface area contributed by atoms with Crippen LogP contribution in [0.2, 0.25) is 0 Å². The van der Waals surface area contributed by atoms with E-state index in [-0.39, 0.29) is 24.2 Å². The number of cyclic esters (lactones) is 1. The highest BCUT2D eigenvalue weighted by molar-refractivity contribution is 9.10. The molecule has 2 aliphatic rings. The Labute approximate surface area is 224 Å². The number of halogens is 7. The first kappa shape index (κ1) is 28.4. The average molecular weight is 609 g/mol. The summed E-state index contributed by atoms with van der Waals surface area (Å²) >= 11 is 3.30. The van der Waals surface area contributed by atoms with Crippen molar-refractivity contribution >= 4 is 27.8 Å². The first-order valence-corrected chi connectivity index (χ1v) is 13.1. The average Bonchev–Trinajstić information content (AvgIpc) is 3.13. The third-order valence-electron chi connectivity index (χ3n) is 7.07. The van der Waals surface area contributed by atoms with Gasteiger partial charge in [0.05, 0.1) is 29.9 Å². The van der Waals surface area contributed by atoms with Gasteiger partial charge in [-0.1, -0.05) is 19.3 Å². The van der Waals surface area contributed by atoms with E-state index in [1.807, 2.05) is 6.92 Å². The first-order valence-electron chi connectivity index (χ1n) is 12.3. The quantitative estimate of drug-likeness (QED) is 0.317. The molecule has 208 valence electrons. The molecule has 2 atom stereocenters. The van der Waals surface area contributed by atoms with Crippen LogP contribution in [0, 0.1) is 0 Å².